The standard InChI is InChI=1S/C29H26ClFN4O4S/c1-40(36,37)12-11-32-16-23-7-10-27(39-23)20-5-8-26-24(14-20)29(34-18-33-26)35-22-6-9-28(25(30)15-22)38-17-19-3-2-4-21(31)13-19/h2-10,13-15,18,32H,11-12,16-17H2,1H3,(H,33,34,35)/i/hD2. The summed E-state index contributed by atoms with van der Waals surface area (Å²) in [6.45, 7) is 0.325. The van der Waals surface area contributed by atoms with Crippen molar-refractivity contribution in [2.45, 2.75) is 13.2 Å². The smallest absolute Gasteiger partial charge is 0.168 e. The van der Waals surface area contributed by atoms with Gasteiger partial charge in [-0.3, -0.25) is 0 Å². The molecule has 0 amide bonds. The Hall–Kier alpha value is -3.99. The third-order valence-electron chi connectivity index (χ3n) is 5.88. The number of ether oxygens (including phenoxy) is 1. The fourth-order valence-corrected chi connectivity index (χ4v) is 4.60. The molecular formula is C29H26ClFN4O4S. The number of nitrogens with zero attached hydrogens (tertiary/aromatic N) is 2. The van der Waals surface area contributed by atoms with Crippen LogP contribution in [0.25, 0.3) is 22.2 Å². The molecule has 0 aliphatic carbocycles. The van der Waals surface area contributed by atoms with Crippen LogP contribution in [0.1, 0.15) is 11.3 Å². The van der Waals surface area contributed by atoms with Gasteiger partial charge in [0.05, 0.1) is 22.8 Å². The number of aromatic nitrogens is 2. The van der Waals surface area contributed by atoms with Crippen molar-refractivity contribution in [2.75, 3.05) is 23.9 Å². The topological polar surface area (TPSA) is 106 Å². The third-order valence-corrected chi connectivity index (χ3v) is 7.10. The molecule has 5 aromatic rings. The van der Waals surface area contributed by atoms with Crippen molar-refractivity contribution in [1.29, 1.82) is 0 Å². The van der Waals surface area contributed by atoms with Gasteiger partial charge in [-0.1, -0.05) is 23.7 Å². The molecule has 0 unspecified atom stereocenters. The maximum absolute atomic E-state index is 13.5. The van der Waals surface area contributed by atoms with Gasteiger partial charge in [0, 0.05) is 29.4 Å². The molecule has 2 aromatic heterocycles. The van der Waals surface area contributed by atoms with Gasteiger partial charge in [-0.2, -0.15) is 0 Å². The Kier molecular flexibility index (Phi) is 7.52. The van der Waals surface area contributed by atoms with Gasteiger partial charge in [0.1, 0.15) is 53.1 Å². The first-order valence-corrected chi connectivity index (χ1v) is 14.7. The SMILES string of the molecule is [2H]N(CCS(C)(=O)=O)Cc1ccc(-c2ccc3ncnc(N([2H])c4ccc(OCc5cccc(F)c5)c(Cl)c4)c3c2)o1. The van der Waals surface area contributed by atoms with Gasteiger partial charge in [0.25, 0.3) is 0 Å². The van der Waals surface area contributed by atoms with Crippen LogP contribution >= 0.6 is 11.6 Å². The van der Waals surface area contributed by atoms with E-state index in [1.54, 1.807) is 48.5 Å². The molecule has 0 fully saturated rings. The quantitative estimate of drug-likeness (QED) is 0.191. The maximum Gasteiger partial charge on any atom is 0.168 e. The zero-order chi connectivity index (χ0) is 29.9. The molecule has 0 radical (unpaired) electrons. The molecule has 0 saturated carbocycles. The molecule has 0 atom stereocenters. The van der Waals surface area contributed by atoms with E-state index in [0.717, 1.165) is 16.9 Å². The van der Waals surface area contributed by atoms with Gasteiger partial charge in [-0.25, -0.2) is 22.8 Å². The minimum atomic E-state index is -3.17. The van der Waals surface area contributed by atoms with Crippen LogP contribution in [-0.4, -0.2) is 36.9 Å². The number of benzene rings is 3. The molecule has 0 bridgehead atoms. The monoisotopic (exact) mass is 582 g/mol. The average molecular weight is 583 g/mol. The van der Waals surface area contributed by atoms with Crippen molar-refractivity contribution in [3.05, 3.63) is 101 Å². The number of nitrogens with one attached hydrogen (secondary N) is 2. The number of fused-ring (bicyclic) bond motifs is 1. The number of hydrogen-bond donors (Lipinski definition) is 2. The summed E-state index contributed by atoms with van der Waals surface area (Å²) in [5, 5.41) is 3.16. The maximum atomic E-state index is 13.5. The predicted octanol–water partition coefficient (Wildman–Crippen LogP) is 6.14. The Balaban J connectivity index is 1.34. The highest BCUT2D eigenvalue weighted by molar-refractivity contribution is 7.90. The lowest BCUT2D eigenvalue weighted by Gasteiger charge is -2.12. The van der Waals surface area contributed by atoms with Gasteiger partial charge in [0.15, 0.2) is 1.41 Å². The van der Waals surface area contributed by atoms with E-state index in [-0.39, 0.29) is 36.3 Å². The lowest BCUT2D eigenvalue weighted by molar-refractivity contribution is 0.306. The first-order chi connectivity index (χ1) is 20.1. The van der Waals surface area contributed by atoms with Crippen molar-refractivity contribution >= 4 is 43.8 Å². The van der Waals surface area contributed by atoms with E-state index < -0.39 is 9.84 Å². The molecular weight excluding hydrogens is 555 g/mol. The summed E-state index contributed by atoms with van der Waals surface area (Å²) in [4.78, 5) is 8.67. The molecule has 2 heterocycles. The van der Waals surface area contributed by atoms with Crippen molar-refractivity contribution in [3.8, 4) is 17.1 Å². The van der Waals surface area contributed by atoms with Crippen molar-refractivity contribution in [3.63, 3.8) is 0 Å². The summed E-state index contributed by atoms with van der Waals surface area (Å²) in [6, 6.07) is 20.0. The summed E-state index contributed by atoms with van der Waals surface area (Å²) in [7, 11) is -3.17. The van der Waals surface area contributed by atoms with E-state index in [1.807, 2.05) is 12.1 Å². The highest BCUT2D eigenvalue weighted by atomic mass is 35.5. The molecule has 2 N–H and O–H groups in total. The minimum absolute atomic E-state index is 0.0645. The van der Waals surface area contributed by atoms with E-state index in [1.165, 1.54) is 18.5 Å². The summed E-state index contributed by atoms with van der Waals surface area (Å²) in [5.74, 6) is 1.29. The second-order valence-corrected chi connectivity index (χ2v) is 11.7. The van der Waals surface area contributed by atoms with E-state index in [9.17, 15) is 12.8 Å². The first kappa shape index (κ1) is 25.0. The average Bonchev–Trinajstić information content (AvgIpc) is 3.42. The summed E-state index contributed by atoms with van der Waals surface area (Å²) < 4.78 is 64.7. The number of rotatable bonds is 11. The molecule has 0 spiro atoms. The second-order valence-electron chi connectivity index (χ2n) is 9.08. The van der Waals surface area contributed by atoms with E-state index in [2.05, 4.69) is 9.97 Å². The minimum Gasteiger partial charge on any atom is -0.487 e. The Morgan fingerprint density at radius 3 is 2.75 bits per heavy atom. The van der Waals surface area contributed by atoms with E-state index >= 15 is 0 Å². The zero-order valence-electron chi connectivity index (χ0n) is 23.4. The van der Waals surface area contributed by atoms with Crippen LogP contribution in [0.2, 0.25) is 7.85 Å². The Labute approximate surface area is 239 Å². The molecule has 8 nitrogen and oxygen atoms in total. The molecule has 40 heavy (non-hydrogen) atoms. The molecule has 0 saturated heterocycles. The Bertz CT molecular complexity index is 1840. The van der Waals surface area contributed by atoms with Gasteiger partial charge in [-0.05, 0) is 66.2 Å². The largest absolute Gasteiger partial charge is 0.487 e. The van der Waals surface area contributed by atoms with Crippen LogP contribution in [0.3, 0.4) is 0 Å². The molecule has 0 aliphatic heterocycles. The lowest BCUT2D eigenvalue weighted by Crippen LogP contribution is -2.21. The normalized spacial score (nSPS) is 12.4. The number of anilines is 2. The summed E-state index contributed by atoms with van der Waals surface area (Å²) in [6.07, 6.45) is 2.51. The Morgan fingerprint density at radius 1 is 1.07 bits per heavy atom. The van der Waals surface area contributed by atoms with Gasteiger partial charge >= 0.3 is 0 Å². The highest BCUT2D eigenvalue weighted by Crippen LogP contribution is 2.32. The molecule has 5 rings (SSSR count). The second kappa shape index (κ2) is 12.0. The van der Waals surface area contributed by atoms with Crippen LogP contribution in [-0.2, 0) is 23.0 Å². The first-order valence-electron chi connectivity index (χ1n) is 13.2. The lowest BCUT2D eigenvalue weighted by atomic mass is 10.1. The van der Waals surface area contributed by atoms with E-state index in [4.69, 9.17) is 23.6 Å². The van der Waals surface area contributed by atoms with E-state index in [0.29, 0.717) is 50.8 Å². The summed E-state index contributed by atoms with van der Waals surface area (Å²) >= 11 is 6.46. The number of sulfone groups is 1. The fraction of sp³-hybridized carbons (Fsp3) is 0.172. The van der Waals surface area contributed by atoms with Crippen molar-refractivity contribution in [2.24, 2.45) is 0 Å². The Morgan fingerprint density at radius 2 is 1.95 bits per heavy atom. The van der Waals surface area contributed by atoms with Gasteiger partial charge in [0.2, 0.25) is 0 Å². The molecule has 0 aliphatic rings. The highest BCUT2D eigenvalue weighted by Gasteiger charge is 2.11. The molecule has 3 aromatic carbocycles. The van der Waals surface area contributed by atoms with Gasteiger partial charge in [-0.15, -0.1) is 0 Å². The summed E-state index contributed by atoms with van der Waals surface area (Å²) in [5.41, 5.74) is 2.43. The van der Waals surface area contributed by atoms with Crippen LogP contribution in [0.4, 0.5) is 15.9 Å². The van der Waals surface area contributed by atoms with Crippen LogP contribution < -0.4 is 15.4 Å². The van der Waals surface area contributed by atoms with Crippen LogP contribution in [0, 0.1) is 5.82 Å². The molecule has 206 valence electrons. The predicted molar refractivity (Wildman–Crippen MR) is 154 cm³/mol. The van der Waals surface area contributed by atoms with Crippen molar-refractivity contribution in [1.82, 2.24) is 15.3 Å². The fourth-order valence-electron chi connectivity index (χ4n) is 3.91. The number of furan rings is 1. The van der Waals surface area contributed by atoms with Crippen LogP contribution in [0.5, 0.6) is 5.75 Å². The molecule has 11 heteroatoms. The zero-order valence-corrected chi connectivity index (χ0v) is 23.0. The number of hydrogen-bond acceptors (Lipinski definition) is 8. The van der Waals surface area contributed by atoms with Gasteiger partial charge < -0.3 is 19.8 Å². The third kappa shape index (κ3) is 7.15. The number of halogens is 2. The van der Waals surface area contributed by atoms with Crippen molar-refractivity contribution < 1.29 is 24.8 Å². The van der Waals surface area contributed by atoms with Crippen LogP contribution in [0.15, 0.2) is 83.5 Å².